The Bertz CT molecular complexity index is 880. The highest BCUT2D eigenvalue weighted by atomic mass is 19.1. The number of piperidine rings is 1. The van der Waals surface area contributed by atoms with Gasteiger partial charge in [-0.25, -0.2) is 8.78 Å². The molecule has 27 heavy (non-hydrogen) atoms. The molecule has 2 aromatic rings. The maximum Gasteiger partial charge on any atom is 0.255 e. The zero-order chi connectivity index (χ0) is 19.0. The summed E-state index contributed by atoms with van der Waals surface area (Å²) < 4.78 is 34.2. The molecule has 7 heteroatoms. The Balaban J connectivity index is 1.48. The van der Waals surface area contributed by atoms with Gasteiger partial charge in [-0.1, -0.05) is 12.1 Å². The van der Waals surface area contributed by atoms with Crippen molar-refractivity contribution >= 4 is 5.91 Å². The molecule has 0 radical (unpaired) electrons. The molecular weight excluding hydrogens is 354 g/mol. The Morgan fingerprint density at radius 1 is 1.15 bits per heavy atom. The van der Waals surface area contributed by atoms with Gasteiger partial charge in [-0.05, 0) is 24.3 Å². The van der Waals surface area contributed by atoms with Crippen LogP contribution in [0.4, 0.5) is 8.78 Å². The predicted octanol–water partition coefficient (Wildman–Crippen LogP) is 2.83. The van der Waals surface area contributed by atoms with Crippen LogP contribution in [-0.2, 0) is 6.54 Å². The van der Waals surface area contributed by atoms with Gasteiger partial charge in [-0.15, -0.1) is 0 Å². The zero-order valence-electron chi connectivity index (χ0n) is 14.7. The summed E-state index contributed by atoms with van der Waals surface area (Å²) in [6.07, 6.45) is 1.23. The lowest BCUT2D eigenvalue weighted by Gasteiger charge is -2.41. The number of benzene rings is 2. The van der Waals surface area contributed by atoms with Gasteiger partial charge in [0.05, 0.1) is 12.1 Å². The molecule has 2 aliphatic rings. The number of halogens is 2. The molecule has 2 aromatic carbocycles. The van der Waals surface area contributed by atoms with Crippen molar-refractivity contribution in [3.8, 4) is 11.5 Å². The molecule has 1 fully saturated rings. The lowest BCUT2D eigenvalue weighted by Crippen LogP contribution is -2.53. The normalized spacial score (nSPS) is 19.1. The average Bonchev–Trinajstić information content (AvgIpc) is 2.81. The second kappa shape index (κ2) is 6.81. The fraction of sp³-hybridized carbons (Fsp3) is 0.350. The van der Waals surface area contributed by atoms with Crippen LogP contribution in [0.1, 0.15) is 28.8 Å². The molecule has 0 aliphatic carbocycles. The quantitative estimate of drug-likeness (QED) is 0.849. The minimum Gasteiger partial charge on any atom is -0.505 e. The van der Waals surface area contributed by atoms with Gasteiger partial charge in [0.2, 0.25) is 0 Å². The van der Waals surface area contributed by atoms with Gasteiger partial charge in [-0.3, -0.25) is 9.69 Å². The first kappa shape index (κ1) is 17.7. The number of phenolic OH excluding ortho intramolecular Hbond substituents is 1. The average molecular weight is 374 g/mol. The Kier molecular flexibility index (Phi) is 4.47. The number of nitrogens with zero attached hydrogens (tertiary/aromatic N) is 1. The highest BCUT2D eigenvalue weighted by molar-refractivity contribution is 5.97. The second-order valence-corrected chi connectivity index (χ2v) is 7.10. The van der Waals surface area contributed by atoms with Crippen LogP contribution < -0.4 is 10.1 Å². The number of phenols is 1. The number of fused-ring (bicyclic) bond motifs is 1. The van der Waals surface area contributed by atoms with Crippen LogP contribution >= 0.6 is 0 Å². The van der Waals surface area contributed by atoms with Crippen LogP contribution in [0.5, 0.6) is 11.5 Å². The fourth-order valence-corrected chi connectivity index (χ4v) is 3.70. The van der Waals surface area contributed by atoms with Crippen molar-refractivity contribution in [1.29, 1.82) is 0 Å². The number of aromatic hydroxyl groups is 1. The van der Waals surface area contributed by atoms with E-state index in [0.29, 0.717) is 43.8 Å². The maximum atomic E-state index is 14.0. The predicted molar refractivity (Wildman–Crippen MR) is 94.7 cm³/mol. The van der Waals surface area contributed by atoms with Gasteiger partial charge in [-0.2, -0.15) is 0 Å². The molecule has 0 unspecified atom stereocenters. The van der Waals surface area contributed by atoms with Crippen molar-refractivity contribution in [1.82, 2.24) is 10.2 Å². The first-order valence-corrected chi connectivity index (χ1v) is 8.92. The summed E-state index contributed by atoms with van der Waals surface area (Å²) in [6.45, 7) is 1.59. The highest BCUT2D eigenvalue weighted by Crippen LogP contribution is 2.33. The van der Waals surface area contributed by atoms with Crippen molar-refractivity contribution in [2.24, 2.45) is 0 Å². The Hall–Kier alpha value is -2.67. The molecule has 1 amide bonds. The molecule has 142 valence electrons. The van der Waals surface area contributed by atoms with Crippen LogP contribution in [0.3, 0.4) is 0 Å². The molecule has 1 saturated heterocycles. The summed E-state index contributed by atoms with van der Waals surface area (Å²) in [7, 11) is 0. The van der Waals surface area contributed by atoms with Gasteiger partial charge in [0, 0.05) is 38.0 Å². The number of hydrogen-bond acceptors (Lipinski definition) is 4. The SMILES string of the molecule is O=C1NCC2(CCN(Cc3c(F)ccc(O)c3F)CC2)Oc2ccccc21. The highest BCUT2D eigenvalue weighted by Gasteiger charge is 2.40. The van der Waals surface area contributed by atoms with E-state index in [0.717, 1.165) is 12.1 Å². The third-order valence-electron chi connectivity index (χ3n) is 5.34. The lowest BCUT2D eigenvalue weighted by atomic mass is 9.90. The lowest BCUT2D eigenvalue weighted by molar-refractivity contribution is 0.00344. The number of rotatable bonds is 2. The number of likely N-dealkylation sites (tertiary alicyclic amines) is 1. The van der Waals surface area contributed by atoms with Gasteiger partial charge >= 0.3 is 0 Å². The number of amides is 1. The molecular formula is C20H20F2N2O3. The van der Waals surface area contributed by atoms with E-state index in [9.17, 15) is 18.7 Å². The van der Waals surface area contributed by atoms with Crippen LogP contribution in [0.25, 0.3) is 0 Å². The van der Waals surface area contributed by atoms with Gasteiger partial charge in [0.1, 0.15) is 17.2 Å². The number of para-hydroxylation sites is 1. The third-order valence-corrected chi connectivity index (χ3v) is 5.34. The van der Waals surface area contributed by atoms with Crippen molar-refractivity contribution in [2.75, 3.05) is 19.6 Å². The van der Waals surface area contributed by atoms with E-state index in [4.69, 9.17) is 4.74 Å². The first-order chi connectivity index (χ1) is 13.0. The Labute approximate surface area is 155 Å². The van der Waals surface area contributed by atoms with Crippen molar-refractivity contribution in [2.45, 2.75) is 25.0 Å². The van der Waals surface area contributed by atoms with E-state index in [1.54, 1.807) is 18.2 Å². The standard InChI is InChI=1S/C20H20F2N2O3/c21-15-5-6-16(25)18(22)14(15)11-24-9-7-20(8-10-24)12-23-19(26)13-3-1-2-4-17(13)27-20/h1-6,25H,7-12H2,(H,23,26). The monoisotopic (exact) mass is 374 g/mol. The Morgan fingerprint density at radius 2 is 1.89 bits per heavy atom. The fourth-order valence-electron chi connectivity index (χ4n) is 3.70. The molecule has 1 spiro atoms. The largest absolute Gasteiger partial charge is 0.505 e. The van der Waals surface area contributed by atoms with E-state index in [1.165, 1.54) is 0 Å². The van der Waals surface area contributed by atoms with Crippen molar-refractivity contribution in [3.63, 3.8) is 0 Å². The van der Waals surface area contributed by atoms with E-state index in [-0.39, 0.29) is 18.0 Å². The van der Waals surface area contributed by atoms with Crippen molar-refractivity contribution in [3.05, 3.63) is 59.2 Å². The zero-order valence-corrected chi connectivity index (χ0v) is 14.7. The van der Waals surface area contributed by atoms with Crippen molar-refractivity contribution < 1.29 is 23.4 Å². The topological polar surface area (TPSA) is 61.8 Å². The molecule has 2 aliphatic heterocycles. The summed E-state index contributed by atoms with van der Waals surface area (Å²) in [6, 6.07) is 9.21. The molecule has 0 saturated carbocycles. The maximum absolute atomic E-state index is 14.0. The van der Waals surface area contributed by atoms with E-state index >= 15 is 0 Å². The minimum atomic E-state index is -0.915. The summed E-state index contributed by atoms with van der Waals surface area (Å²) in [5.41, 5.74) is -0.151. The van der Waals surface area contributed by atoms with E-state index < -0.39 is 23.0 Å². The van der Waals surface area contributed by atoms with Gasteiger partial charge in [0.25, 0.3) is 5.91 Å². The molecule has 0 bridgehead atoms. The minimum absolute atomic E-state index is 0.0745. The smallest absolute Gasteiger partial charge is 0.255 e. The molecule has 0 atom stereocenters. The third kappa shape index (κ3) is 3.35. The molecule has 5 nitrogen and oxygen atoms in total. The number of carbonyl (C=O) groups excluding carboxylic acids is 1. The summed E-state index contributed by atoms with van der Waals surface area (Å²) in [5, 5.41) is 12.4. The number of ether oxygens (including phenoxy) is 1. The summed E-state index contributed by atoms with van der Waals surface area (Å²) in [4.78, 5) is 14.2. The van der Waals surface area contributed by atoms with Crippen LogP contribution in [0.2, 0.25) is 0 Å². The van der Waals surface area contributed by atoms with Gasteiger partial charge in [0.15, 0.2) is 11.6 Å². The second-order valence-electron chi connectivity index (χ2n) is 7.10. The number of hydrogen-bond donors (Lipinski definition) is 2. The Morgan fingerprint density at radius 3 is 2.67 bits per heavy atom. The van der Waals surface area contributed by atoms with E-state index in [1.807, 2.05) is 11.0 Å². The number of nitrogens with one attached hydrogen (secondary N) is 1. The first-order valence-electron chi connectivity index (χ1n) is 8.92. The molecule has 0 aromatic heterocycles. The summed E-state index contributed by atoms with van der Waals surface area (Å²) in [5.74, 6) is -1.73. The molecule has 4 rings (SSSR count). The molecule has 2 N–H and O–H groups in total. The number of carbonyl (C=O) groups is 1. The van der Waals surface area contributed by atoms with Gasteiger partial charge < -0.3 is 15.2 Å². The van der Waals surface area contributed by atoms with E-state index in [2.05, 4.69) is 5.32 Å². The van der Waals surface area contributed by atoms with Crippen LogP contribution in [-0.4, -0.2) is 41.1 Å². The van der Waals surface area contributed by atoms with Crippen LogP contribution in [0.15, 0.2) is 36.4 Å². The summed E-state index contributed by atoms with van der Waals surface area (Å²) >= 11 is 0. The molecule has 2 heterocycles. The van der Waals surface area contributed by atoms with Crippen LogP contribution in [0, 0.1) is 11.6 Å².